The first kappa shape index (κ1) is 15.8. The molecule has 94 valence electrons. The number of halogens is 1. The molecule has 17 heavy (non-hydrogen) atoms. The first-order valence-corrected chi connectivity index (χ1v) is 5.86. The van der Waals surface area contributed by atoms with E-state index in [1.807, 2.05) is 13.8 Å². The molecule has 6 heteroatoms. The fourth-order valence-corrected chi connectivity index (χ4v) is 1.35. The van der Waals surface area contributed by atoms with E-state index in [0.717, 1.165) is 21.0 Å². The average molecular weight is 350 g/mol. The Labute approximate surface area is 114 Å². The van der Waals surface area contributed by atoms with Crippen LogP contribution in [0.25, 0.3) is 0 Å². The predicted octanol–water partition coefficient (Wildman–Crippen LogP) is 2.11. The van der Waals surface area contributed by atoms with Crippen LogP contribution in [0.5, 0.6) is 0 Å². The van der Waals surface area contributed by atoms with E-state index in [0.29, 0.717) is 0 Å². The number of aryl methyl sites for hydroxylation is 1. The molecule has 0 saturated carbocycles. The maximum absolute atomic E-state index is 10.9. The number of carbonyl (C=O) groups excluding carboxylic acids is 2. The van der Waals surface area contributed by atoms with Crippen LogP contribution in [0.15, 0.2) is 12.7 Å². The van der Waals surface area contributed by atoms with E-state index < -0.39 is 5.97 Å². The summed E-state index contributed by atoms with van der Waals surface area (Å²) >= 11 is 2.19. The molecule has 0 amide bonds. The molecule has 0 aromatic carbocycles. The highest BCUT2D eigenvalue weighted by Gasteiger charge is 2.10. The van der Waals surface area contributed by atoms with Gasteiger partial charge in [0.25, 0.3) is 0 Å². The molecule has 0 aliphatic carbocycles. The van der Waals surface area contributed by atoms with Crippen LogP contribution in [0.1, 0.15) is 23.1 Å². The zero-order valence-electron chi connectivity index (χ0n) is 10.3. The van der Waals surface area contributed by atoms with E-state index in [1.54, 1.807) is 0 Å². The van der Waals surface area contributed by atoms with Crippen LogP contribution in [0.3, 0.4) is 0 Å². The fraction of sp³-hybridized carbons (Fsp3) is 0.364. The lowest BCUT2D eigenvalue weighted by atomic mass is 10.4. The number of methoxy groups -OCH3 is 1. The van der Waals surface area contributed by atoms with E-state index >= 15 is 0 Å². The summed E-state index contributed by atoms with van der Waals surface area (Å²) in [7, 11) is 1.31. The third-order valence-corrected chi connectivity index (χ3v) is 3.43. The molecule has 0 spiro atoms. The third kappa shape index (κ3) is 4.68. The van der Waals surface area contributed by atoms with Crippen LogP contribution in [0, 0.1) is 17.4 Å². The van der Waals surface area contributed by atoms with Crippen molar-refractivity contribution in [1.82, 2.24) is 9.78 Å². The highest BCUT2D eigenvalue weighted by atomic mass is 127. The molecule has 0 radical (unpaired) electrons. The zero-order valence-corrected chi connectivity index (χ0v) is 12.4. The maximum Gasteiger partial charge on any atom is 0.329 e. The largest absolute Gasteiger partial charge is 0.466 e. The number of ether oxygens (including phenoxy) is 1. The molecule has 0 atom stereocenters. The van der Waals surface area contributed by atoms with Crippen molar-refractivity contribution in [2.75, 3.05) is 7.11 Å². The first-order chi connectivity index (χ1) is 7.84. The van der Waals surface area contributed by atoms with E-state index in [1.165, 1.54) is 18.7 Å². The van der Waals surface area contributed by atoms with Gasteiger partial charge in [-0.1, -0.05) is 6.58 Å². The van der Waals surface area contributed by atoms with Crippen molar-refractivity contribution < 1.29 is 14.3 Å². The number of rotatable bonds is 1. The molecular weight excluding hydrogens is 335 g/mol. The second kappa shape index (κ2) is 7.21. The molecule has 0 unspecified atom stereocenters. The molecule has 0 fully saturated rings. The quantitative estimate of drug-likeness (QED) is 0.442. The number of hydrogen-bond donors (Lipinski definition) is 0. The van der Waals surface area contributed by atoms with Gasteiger partial charge in [-0.15, -0.1) is 0 Å². The van der Waals surface area contributed by atoms with Crippen LogP contribution in [-0.2, 0) is 9.53 Å². The van der Waals surface area contributed by atoms with Crippen LogP contribution >= 0.6 is 22.6 Å². The molecule has 5 nitrogen and oxygen atoms in total. The molecule has 1 aromatic rings. The van der Waals surface area contributed by atoms with Gasteiger partial charge >= 0.3 is 5.97 Å². The van der Waals surface area contributed by atoms with Crippen molar-refractivity contribution >= 4 is 34.5 Å². The third-order valence-electron chi connectivity index (χ3n) is 1.87. The highest BCUT2D eigenvalue weighted by molar-refractivity contribution is 14.1. The lowest BCUT2D eigenvalue weighted by Gasteiger charge is -1.95. The summed E-state index contributed by atoms with van der Waals surface area (Å²) in [6, 6.07) is 0. The van der Waals surface area contributed by atoms with Gasteiger partial charge in [-0.05, 0) is 36.4 Å². The summed E-state index contributed by atoms with van der Waals surface area (Å²) in [6.45, 7) is 8.46. The Balaban J connectivity index is 0.000000366. The molecule has 0 bridgehead atoms. The molecule has 0 aliphatic heterocycles. The van der Waals surface area contributed by atoms with Crippen LogP contribution in [-0.4, -0.2) is 28.8 Å². The minimum atomic E-state index is -0.394. The van der Waals surface area contributed by atoms with Crippen LogP contribution in [0.4, 0.5) is 0 Å². The second-order valence-electron chi connectivity index (χ2n) is 3.14. The molecule has 1 rings (SSSR count). The fourth-order valence-electron chi connectivity index (χ4n) is 1.01. The van der Waals surface area contributed by atoms with Gasteiger partial charge in [0, 0.05) is 13.0 Å². The summed E-state index contributed by atoms with van der Waals surface area (Å²) in [6.07, 6.45) is 1.11. The van der Waals surface area contributed by atoms with Crippen molar-refractivity contribution in [3.63, 3.8) is 0 Å². The number of carbonyl (C=O) groups is 2. The molecule has 1 aromatic heterocycles. The van der Waals surface area contributed by atoms with E-state index in [4.69, 9.17) is 0 Å². The second-order valence-corrected chi connectivity index (χ2v) is 4.22. The Morgan fingerprint density at radius 2 is 2.00 bits per heavy atom. The van der Waals surface area contributed by atoms with Gasteiger partial charge in [-0.3, -0.25) is 4.79 Å². The SMILES string of the molecule is C=CC(=O)OC.CC(=O)n1nc(C)c(I)c1C. The normalized spacial score (nSPS) is 9.00. The summed E-state index contributed by atoms with van der Waals surface area (Å²) in [5.41, 5.74) is 1.84. The van der Waals surface area contributed by atoms with Gasteiger partial charge in [0.05, 0.1) is 22.1 Å². The smallest absolute Gasteiger partial charge is 0.329 e. The van der Waals surface area contributed by atoms with E-state index in [9.17, 15) is 9.59 Å². The van der Waals surface area contributed by atoms with Crippen molar-refractivity contribution in [2.24, 2.45) is 0 Å². The monoisotopic (exact) mass is 350 g/mol. The zero-order chi connectivity index (χ0) is 13.6. The van der Waals surface area contributed by atoms with Gasteiger partial charge in [-0.25, -0.2) is 9.48 Å². The number of esters is 1. The number of hydrogen-bond acceptors (Lipinski definition) is 4. The van der Waals surface area contributed by atoms with E-state index in [2.05, 4.69) is 39.0 Å². The van der Waals surface area contributed by atoms with Gasteiger partial charge < -0.3 is 4.74 Å². The number of nitrogens with zero attached hydrogens (tertiary/aromatic N) is 2. The molecule has 0 aliphatic rings. The van der Waals surface area contributed by atoms with Crippen molar-refractivity contribution in [3.8, 4) is 0 Å². The van der Waals surface area contributed by atoms with Gasteiger partial charge in [0.1, 0.15) is 0 Å². The molecular formula is C11H15IN2O3. The minimum absolute atomic E-state index is 0.0338. The summed E-state index contributed by atoms with van der Waals surface area (Å²) in [4.78, 5) is 20.8. The maximum atomic E-state index is 10.9. The minimum Gasteiger partial charge on any atom is -0.466 e. The summed E-state index contributed by atoms with van der Waals surface area (Å²) in [5, 5.41) is 4.07. The Bertz CT molecular complexity index is 438. The Hall–Kier alpha value is -1.18. The van der Waals surface area contributed by atoms with Gasteiger partial charge in [0.15, 0.2) is 0 Å². The standard InChI is InChI=1S/C7H9IN2O.C4H6O2/c1-4-7(8)5(2)10(9-4)6(3)11;1-3-4(5)6-2/h1-3H3;3H,1H2,2H3. The average Bonchev–Trinajstić information content (AvgIpc) is 2.56. The van der Waals surface area contributed by atoms with Gasteiger partial charge in [-0.2, -0.15) is 5.10 Å². The van der Waals surface area contributed by atoms with E-state index in [-0.39, 0.29) is 5.91 Å². The molecule has 0 N–H and O–H groups in total. The highest BCUT2D eigenvalue weighted by Crippen LogP contribution is 2.14. The Kier molecular flexibility index (Phi) is 6.71. The number of aromatic nitrogens is 2. The lowest BCUT2D eigenvalue weighted by Crippen LogP contribution is -2.09. The lowest BCUT2D eigenvalue weighted by molar-refractivity contribution is -0.134. The van der Waals surface area contributed by atoms with Crippen LogP contribution < -0.4 is 0 Å². The van der Waals surface area contributed by atoms with Crippen molar-refractivity contribution in [1.29, 1.82) is 0 Å². The van der Waals surface area contributed by atoms with Crippen molar-refractivity contribution in [2.45, 2.75) is 20.8 Å². The van der Waals surface area contributed by atoms with Crippen molar-refractivity contribution in [3.05, 3.63) is 27.6 Å². The first-order valence-electron chi connectivity index (χ1n) is 4.78. The van der Waals surface area contributed by atoms with Gasteiger partial charge in [0.2, 0.25) is 5.91 Å². The summed E-state index contributed by atoms with van der Waals surface area (Å²) in [5.74, 6) is -0.427. The Morgan fingerprint density at radius 1 is 1.47 bits per heavy atom. The molecule has 0 saturated heterocycles. The predicted molar refractivity (Wildman–Crippen MR) is 72.9 cm³/mol. The Morgan fingerprint density at radius 3 is 2.12 bits per heavy atom. The topological polar surface area (TPSA) is 61.2 Å². The van der Waals surface area contributed by atoms with Crippen LogP contribution in [0.2, 0.25) is 0 Å². The molecule has 1 heterocycles. The summed E-state index contributed by atoms with van der Waals surface area (Å²) < 4.78 is 6.64.